The molecule has 0 amide bonds. The van der Waals surface area contributed by atoms with E-state index in [1.165, 1.54) is 20.3 Å². The molecular weight excluding hydrogens is 378 g/mol. The fraction of sp³-hybridized carbons (Fsp3) is 0.400. The van der Waals surface area contributed by atoms with E-state index < -0.39 is 10.0 Å². The number of ether oxygens (including phenoxy) is 2. The Balaban J connectivity index is 2.25. The number of hydrogen-bond acceptors (Lipinski definition) is 6. The van der Waals surface area contributed by atoms with E-state index in [1.54, 1.807) is 12.1 Å². The van der Waals surface area contributed by atoms with Crippen molar-refractivity contribution in [3.05, 3.63) is 48.0 Å². The molecule has 0 aliphatic heterocycles. The van der Waals surface area contributed by atoms with E-state index in [0.29, 0.717) is 5.75 Å². The summed E-state index contributed by atoms with van der Waals surface area (Å²) in [7, 11) is 6.95. The molecule has 2 aromatic carbocycles. The van der Waals surface area contributed by atoms with Crippen LogP contribution in [-0.4, -0.2) is 62.3 Å². The molecule has 0 saturated heterocycles. The van der Waals surface area contributed by atoms with Gasteiger partial charge in [-0.05, 0) is 43.9 Å². The number of hydrogen-bond donors (Lipinski definition) is 1. The van der Waals surface area contributed by atoms with Crippen LogP contribution in [0.1, 0.15) is 11.6 Å². The van der Waals surface area contributed by atoms with Crippen molar-refractivity contribution in [1.29, 1.82) is 0 Å². The third-order valence-corrected chi connectivity index (χ3v) is 5.99. The van der Waals surface area contributed by atoms with Gasteiger partial charge >= 0.3 is 0 Å². The number of methoxy groups -OCH3 is 2. The number of sulfonamides is 1. The van der Waals surface area contributed by atoms with Crippen molar-refractivity contribution in [1.82, 2.24) is 9.62 Å². The maximum atomic E-state index is 12.9. The highest BCUT2D eigenvalue weighted by atomic mass is 32.2. The van der Waals surface area contributed by atoms with Gasteiger partial charge in [0.1, 0.15) is 16.4 Å². The van der Waals surface area contributed by atoms with Crippen LogP contribution in [0.25, 0.3) is 0 Å². The summed E-state index contributed by atoms with van der Waals surface area (Å²) in [5, 5.41) is 0. The highest BCUT2D eigenvalue weighted by Gasteiger charge is 2.23. The first-order chi connectivity index (χ1) is 13.2. The number of benzene rings is 2. The van der Waals surface area contributed by atoms with Crippen LogP contribution < -0.4 is 19.1 Å². The number of rotatable bonds is 9. The van der Waals surface area contributed by atoms with E-state index in [2.05, 4.69) is 4.72 Å². The molecule has 0 bridgehead atoms. The first-order valence-electron chi connectivity index (χ1n) is 8.85. The minimum atomic E-state index is -3.78. The molecule has 8 heteroatoms. The first-order valence-corrected chi connectivity index (χ1v) is 10.3. The van der Waals surface area contributed by atoms with E-state index in [4.69, 9.17) is 9.47 Å². The number of anilines is 1. The fourth-order valence-electron chi connectivity index (χ4n) is 2.85. The lowest BCUT2D eigenvalue weighted by molar-refractivity contribution is 0.299. The van der Waals surface area contributed by atoms with Crippen molar-refractivity contribution in [2.45, 2.75) is 10.9 Å². The molecule has 0 aliphatic carbocycles. The minimum absolute atomic E-state index is 0.0508. The maximum absolute atomic E-state index is 12.9. The van der Waals surface area contributed by atoms with Crippen molar-refractivity contribution in [2.75, 3.05) is 53.9 Å². The van der Waals surface area contributed by atoms with Gasteiger partial charge in [0.05, 0.1) is 14.2 Å². The van der Waals surface area contributed by atoms with E-state index in [9.17, 15) is 8.42 Å². The molecule has 0 heterocycles. The van der Waals surface area contributed by atoms with Crippen molar-refractivity contribution in [2.24, 2.45) is 0 Å². The van der Waals surface area contributed by atoms with Crippen molar-refractivity contribution in [3.8, 4) is 11.5 Å². The average molecular weight is 408 g/mol. The van der Waals surface area contributed by atoms with Gasteiger partial charge in [-0.2, -0.15) is 0 Å². The van der Waals surface area contributed by atoms with Gasteiger partial charge in [0.2, 0.25) is 10.0 Å². The summed E-state index contributed by atoms with van der Waals surface area (Å²) >= 11 is 0. The summed E-state index contributed by atoms with van der Waals surface area (Å²) in [4.78, 5) is 4.05. The molecule has 154 valence electrons. The molecule has 0 spiro atoms. The monoisotopic (exact) mass is 407 g/mol. The van der Waals surface area contributed by atoms with Crippen LogP contribution in [0.4, 0.5) is 5.69 Å². The van der Waals surface area contributed by atoms with Gasteiger partial charge in [0.15, 0.2) is 0 Å². The van der Waals surface area contributed by atoms with Gasteiger partial charge < -0.3 is 19.3 Å². The zero-order chi connectivity index (χ0) is 20.9. The van der Waals surface area contributed by atoms with E-state index in [1.807, 2.05) is 62.3 Å². The zero-order valence-corrected chi connectivity index (χ0v) is 18.1. The number of nitrogens with zero attached hydrogens (tertiary/aromatic N) is 2. The predicted octanol–water partition coefficient (Wildman–Crippen LogP) is 2.35. The second kappa shape index (κ2) is 9.27. The van der Waals surface area contributed by atoms with Gasteiger partial charge in [0.25, 0.3) is 0 Å². The molecule has 2 aromatic rings. The predicted molar refractivity (Wildman–Crippen MR) is 112 cm³/mol. The molecule has 0 aliphatic rings. The molecule has 2 rings (SSSR count). The SMILES string of the molecule is COc1ccc(OC)c(S(=O)(=O)NCC(c2ccc(N(C)C)cc2)N(C)C)c1. The van der Waals surface area contributed by atoms with Crippen LogP contribution in [0.3, 0.4) is 0 Å². The molecule has 1 N–H and O–H groups in total. The molecule has 0 radical (unpaired) electrons. The maximum Gasteiger partial charge on any atom is 0.244 e. The summed E-state index contributed by atoms with van der Waals surface area (Å²) in [6, 6.07) is 12.6. The van der Waals surface area contributed by atoms with E-state index >= 15 is 0 Å². The Morgan fingerprint density at radius 2 is 1.61 bits per heavy atom. The summed E-state index contributed by atoms with van der Waals surface area (Å²) in [5.41, 5.74) is 2.11. The fourth-order valence-corrected chi connectivity index (χ4v) is 4.07. The molecule has 7 nitrogen and oxygen atoms in total. The van der Waals surface area contributed by atoms with Crippen LogP contribution in [0, 0.1) is 0 Å². The lowest BCUT2D eigenvalue weighted by atomic mass is 10.1. The van der Waals surface area contributed by atoms with Crippen LogP contribution in [-0.2, 0) is 10.0 Å². The van der Waals surface area contributed by atoms with Crippen LogP contribution in [0.5, 0.6) is 11.5 Å². The number of nitrogens with one attached hydrogen (secondary N) is 1. The Morgan fingerprint density at radius 3 is 2.11 bits per heavy atom. The topological polar surface area (TPSA) is 71.1 Å². The highest BCUT2D eigenvalue weighted by Crippen LogP contribution is 2.28. The van der Waals surface area contributed by atoms with Gasteiger partial charge in [0, 0.05) is 38.4 Å². The van der Waals surface area contributed by atoms with E-state index in [-0.39, 0.29) is 23.2 Å². The van der Waals surface area contributed by atoms with Gasteiger partial charge in [-0.3, -0.25) is 0 Å². The van der Waals surface area contributed by atoms with Crippen LogP contribution >= 0.6 is 0 Å². The third kappa shape index (κ3) is 5.15. The first kappa shape index (κ1) is 22.0. The largest absolute Gasteiger partial charge is 0.497 e. The Labute approximate surface area is 167 Å². The number of likely N-dealkylation sites (N-methyl/N-ethyl adjacent to an activating group) is 1. The average Bonchev–Trinajstić information content (AvgIpc) is 2.67. The summed E-state index contributed by atoms with van der Waals surface area (Å²) in [6.07, 6.45) is 0. The molecule has 1 atom stereocenters. The second-order valence-corrected chi connectivity index (χ2v) is 8.57. The highest BCUT2D eigenvalue weighted by molar-refractivity contribution is 7.89. The van der Waals surface area contributed by atoms with Crippen LogP contribution in [0.2, 0.25) is 0 Å². The second-order valence-electron chi connectivity index (χ2n) is 6.83. The van der Waals surface area contributed by atoms with E-state index in [0.717, 1.165) is 11.3 Å². The molecule has 28 heavy (non-hydrogen) atoms. The van der Waals surface area contributed by atoms with Gasteiger partial charge in [-0.1, -0.05) is 12.1 Å². The summed E-state index contributed by atoms with van der Waals surface area (Å²) in [6.45, 7) is 0.219. The standard InChI is InChI=1S/C20H29N3O4S/c1-22(2)16-9-7-15(8-10-16)18(23(3)4)14-21-28(24,25)20-13-17(26-5)11-12-19(20)27-6/h7-13,18,21H,14H2,1-6H3. The lowest BCUT2D eigenvalue weighted by Crippen LogP contribution is -2.34. The quantitative estimate of drug-likeness (QED) is 0.688. The van der Waals surface area contributed by atoms with Crippen molar-refractivity contribution < 1.29 is 17.9 Å². The molecule has 0 aromatic heterocycles. The Kier molecular flexibility index (Phi) is 7.29. The van der Waals surface area contributed by atoms with Gasteiger partial charge in [-0.15, -0.1) is 0 Å². The normalized spacial score (nSPS) is 12.7. The van der Waals surface area contributed by atoms with Crippen molar-refractivity contribution >= 4 is 15.7 Å². The minimum Gasteiger partial charge on any atom is -0.497 e. The zero-order valence-electron chi connectivity index (χ0n) is 17.3. The smallest absolute Gasteiger partial charge is 0.244 e. The molecule has 1 unspecified atom stereocenters. The van der Waals surface area contributed by atoms with Crippen molar-refractivity contribution in [3.63, 3.8) is 0 Å². The van der Waals surface area contributed by atoms with Crippen LogP contribution in [0.15, 0.2) is 47.4 Å². The molecule has 0 fully saturated rings. The lowest BCUT2D eigenvalue weighted by Gasteiger charge is -2.26. The van der Waals surface area contributed by atoms with Gasteiger partial charge in [-0.25, -0.2) is 13.1 Å². The summed E-state index contributed by atoms with van der Waals surface area (Å²) in [5.74, 6) is 0.717. The third-order valence-electron chi connectivity index (χ3n) is 4.54. The molecular formula is C20H29N3O4S. The Hall–Kier alpha value is -2.29. The summed E-state index contributed by atoms with van der Waals surface area (Å²) < 4.78 is 38.9. The Bertz CT molecular complexity index is 881. The molecule has 0 saturated carbocycles. The Morgan fingerprint density at radius 1 is 0.964 bits per heavy atom.